The van der Waals surface area contributed by atoms with Gasteiger partial charge in [-0.1, -0.05) is 17.7 Å². The van der Waals surface area contributed by atoms with Gasteiger partial charge in [-0.05, 0) is 69.3 Å². The summed E-state index contributed by atoms with van der Waals surface area (Å²) in [4.78, 5) is 31.3. The zero-order valence-corrected chi connectivity index (χ0v) is 23.3. The van der Waals surface area contributed by atoms with E-state index in [1.807, 2.05) is 6.92 Å². The van der Waals surface area contributed by atoms with Gasteiger partial charge in [-0.2, -0.15) is 0 Å². The molecule has 41 heavy (non-hydrogen) atoms. The summed E-state index contributed by atoms with van der Waals surface area (Å²) in [5, 5.41) is 8.89. The molecule has 0 atom stereocenters. The molecule has 4 N–H and O–H groups in total. The Kier molecular flexibility index (Phi) is 8.38. The molecule has 13 heteroatoms. The molecule has 0 bridgehead atoms. The average Bonchev–Trinajstić information content (AvgIpc) is 3.44. The molecule has 0 saturated carbocycles. The minimum atomic E-state index is -3.72. The van der Waals surface area contributed by atoms with Crippen LogP contribution in [0.4, 0.5) is 0 Å². The van der Waals surface area contributed by atoms with Crippen molar-refractivity contribution in [2.45, 2.75) is 30.2 Å². The number of hydrogen-bond acceptors (Lipinski definition) is 9. The average molecular weight is 582 g/mol. The van der Waals surface area contributed by atoms with E-state index in [1.54, 1.807) is 42.5 Å². The van der Waals surface area contributed by atoms with Gasteiger partial charge in [-0.25, -0.2) is 18.1 Å². The number of aryl methyl sites for hydroxylation is 1. The van der Waals surface area contributed by atoms with Gasteiger partial charge in [-0.3, -0.25) is 9.59 Å². The Bertz CT molecular complexity index is 1520. The second-order valence-corrected chi connectivity index (χ2v) is 11.5. The first kappa shape index (κ1) is 28.3. The van der Waals surface area contributed by atoms with Crippen LogP contribution in [0.1, 0.15) is 28.8 Å². The van der Waals surface area contributed by atoms with Crippen molar-refractivity contribution in [2.24, 2.45) is 0 Å². The molecule has 216 valence electrons. The maximum atomic E-state index is 13.5. The molecule has 2 aromatic carbocycles. The van der Waals surface area contributed by atoms with E-state index in [2.05, 4.69) is 25.7 Å². The van der Waals surface area contributed by atoms with Gasteiger partial charge in [0.25, 0.3) is 5.91 Å². The van der Waals surface area contributed by atoms with Crippen molar-refractivity contribution in [1.82, 2.24) is 25.7 Å². The molecule has 0 aliphatic carbocycles. The van der Waals surface area contributed by atoms with E-state index < -0.39 is 27.4 Å². The van der Waals surface area contributed by atoms with Crippen LogP contribution < -0.4 is 34.9 Å². The molecular weight excluding hydrogens is 550 g/mol. The van der Waals surface area contributed by atoms with Crippen LogP contribution in [-0.4, -0.2) is 63.7 Å². The van der Waals surface area contributed by atoms with Crippen LogP contribution >= 0.6 is 0 Å². The number of fused-ring (bicyclic) bond motifs is 1. The summed E-state index contributed by atoms with van der Waals surface area (Å²) in [5.74, 6) is 0.673. The number of hydrogen-bond donors (Lipinski definition) is 4. The molecule has 2 aliphatic rings. The second-order valence-electron chi connectivity index (χ2n) is 9.73. The number of carbonyl (C=O) groups excluding carboxylic acids is 2. The number of pyridine rings is 1. The van der Waals surface area contributed by atoms with E-state index >= 15 is 0 Å². The highest BCUT2D eigenvalue weighted by atomic mass is 32.2. The molecule has 0 spiro atoms. The molecule has 1 aromatic heterocycles. The number of ether oxygens (including phenoxy) is 3. The van der Waals surface area contributed by atoms with Crippen molar-refractivity contribution in [2.75, 3.05) is 33.0 Å². The van der Waals surface area contributed by atoms with Crippen molar-refractivity contribution in [3.05, 3.63) is 71.9 Å². The molecule has 2 amide bonds. The predicted molar refractivity (Wildman–Crippen MR) is 149 cm³/mol. The Hall–Kier alpha value is -4.20. The molecule has 3 aromatic rings. The summed E-state index contributed by atoms with van der Waals surface area (Å²) >= 11 is 0. The van der Waals surface area contributed by atoms with Crippen LogP contribution in [0.5, 0.6) is 23.1 Å². The van der Waals surface area contributed by atoms with E-state index in [9.17, 15) is 18.0 Å². The highest BCUT2D eigenvalue weighted by Crippen LogP contribution is 2.36. The topological polar surface area (TPSA) is 157 Å². The minimum absolute atomic E-state index is 0.0135. The van der Waals surface area contributed by atoms with E-state index in [0.29, 0.717) is 43.2 Å². The lowest BCUT2D eigenvalue weighted by molar-refractivity contribution is -0.128. The minimum Gasteiger partial charge on any atom is -0.454 e. The number of amides is 2. The van der Waals surface area contributed by atoms with E-state index in [4.69, 9.17) is 14.2 Å². The lowest BCUT2D eigenvalue weighted by Gasteiger charge is -2.37. The highest BCUT2D eigenvalue weighted by molar-refractivity contribution is 7.89. The smallest absolute Gasteiger partial charge is 0.257 e. The molecular formula is C28H31N5O7S. The third kappa shape index (κ3) is 6.59. The predicted octanol–water partition coefficient (Wildman–Crippen LogP) is 1.86. The van der Waals surface area contributed by atoms with Crippen LogP contribution in [0, 0.1) is 6.92 Å². The van der Waals surface area contributed by atoms with Crippen LogP contribution in [0.15, 0.2) is 65.7 Å². The number of aromatic nitrogens is 1. The zero-order valence-electron chi connectivity index (χ0n) is 22.4. The van der Waals surface area contributed by atoms with Crippen molar-refractivity contribution in [3.63, 3.8) is 0 Å². The van der Waals surface area contributed by atoms with Gasteiger partial charge in [0.1, 0.15) is 16.9 Å². The highest BCUT2D eigenvalue weighted by Gasteiger charge is 2.41. The molecule has 2 aliphatic heterocycles. The van der Waals surface area contributed by atoms with Crippen molar-refractivity contribution < 1.29 is 32.2 Å². The maximum absolute atomic E-state index is 13.5. The van der Waals surface area contributed by atoms with Crippen molar-refractivity contribution in [1.29, 1.82) is 0 Å². The monoisotopic (exact) mass is 581 g/mol. The summed E-state index contributed by atoms with van der Waals surface area (Å²) in [6.07, 6.45) is 2.19. The SMILES string of the molecule is Cc1ccc(S(=O)(=O)NCCNC(=O)C2(NC(=O)c3cccnc3Oc3ccc4c(c3)OCO4)CCNCC2)cc1. The molecule has 1 saturated heterocycles. The van der Waals surface area contributed by atoms with Crippen molar-refractivity contribution in [3.8, 4) is 23.1 Å². The molecule has 0 unspecified atom stereocenters. The molecule has 1 fully saturated rings. The standard InChI is InChI=1S/C28H31N5O7S/c1-19-4-7-21(8-5-19)41(36,37)32-16-15-31-27(35)28(10-13-29-14-11-28)33-25(34)22-3-2-12-30-26(22)40-20-6-9-23-24(17-20)39-18-38-23/h2-9,12,17,29,32H,10-11,13-16,18H2,1H3,(H,31,35)(H,33,34). The fourth-order valence-electron chi connectivity index (χ4n) is 4.58. The maximum Gasteiger partial charge on any atom is 0.257 e. The van der Waals surface area contributed by atoms with E-state index in [1.165, 1.54) is 18.3 Å². The number of sulfonamides is 1. The normalized spacial score (nSPS) is 15.6. The third-order valence-corrected chi connectivity index (χ3v) is 8.33. The second kappa shape index (κ2) is 12.1. The van der Waals surface area contributed by atoms with Crippen LogP contribution in [0.25, 0.3) is 0 Å². The lowest BCUT2D eigenvalue weighted by atomic mass is 9.86. The van der Waals surface area contributed by atoms with E-state index in [-0.39, 0.29) is 36.2 Å². The van der Waals surface area contributed by atoms with Gasteiger partial charge < -0.3 is 30.2 Å². The van der Waals surface area contributed by atoms with Crippen LogP contribution in [0.2, 0.25) is 0 Å². The van der Waals surface area contributed by atoms with Crippen LogP contribution in [0.3, 0.4) is 0 Å². The van der Waals surface area contributed by atoms with Gasteiger partial charge in [0.15, 0.2) is 11.5 Å². The van der Waals surface area contributed by atoms with Crippen molar-refractivity contribution >= 4 is 21.8 Å². The Labute approximate surface area is 237 Å². The molecule has 12 nitrogen and oxygen atoms in total. The first-order chi connectivity index (χ1) is 19.8. The number of piperidine rings is 1. The van der Waals surface area contributed by atoms with Gasteiger partial charge in [0.2, 0.25) is 28.6 Å². The molecule has 3 heterocycles. The Balaban J connectivity index is 1.24. The molecule has 0 radical (unpaired) electrons. The van der Waals surface area contributed by atoms with E-state index in [0.717, 1.165) is 5.56 Å². The largest absolute Gasteiger partial charge is 0.454 e. The van der Waals surface area contributed by atoms with Gasteiger partial charge in [0.05, 0.1) is 4.90 Å². The lowest BCUT2D eigenvalue weighted by Crippen LogP contribution is -2.63. The van der Waals surface area contributed by atoms with Crippen LogP contribution in [-0.2, 0) is 14.8 Å². The summed E-state index contributed by atoms with van der Waals surface area (Å²) in [6, 6.07) is 14.7. The number of carbonyl (C=O) groups is 2. The summed E-state index contributed by atoms with van der Waals surface area (Å²) in [5.41, 5.74) is -0.102. The Morgan fingerprint density at radius 1 is 1.02 bits per heavy atom. The first-order valence-corrected chi connectivity index (χ1v) is 14.6. The fraction of sp³-hybridized carbons (Fsp3) is 0.321. The summed E-state index contributed by atoms with van der Waals surface area (Å²) in [7, 11) is -3.72. The Morgan fingerprint density at radius 2 is 1.78 bits per heavy atom. The molecule has 5 rings (SSSR count). The van der Waals surface area contributed by atoms with Gasteiger partial charge in [-0.15, -0.1) is 0 Å². The number of nitrogens with one attached hydrogen (secondary N) is 4. The quantitative estimate of drug-likeness (QED) is 0.262. The fourth-order valence-corrected chi connectivity index (χ4v) is 5.61. The first-order valence-electron chi connectivity index (χ1n) is 13.2. The Morgan fingerprint density at radius 3 is 2.56 bits per heavy atom. The zero-order chi connectivity index (χ0) is 28.9. The number of benzene rings is 2. The number of rotatable bonds is 10. The van der Waals surface area contributed by atoms with Gasteiger partial charge >= 0.3 is 0 Å². The van der Waals surface area contributed by atoms with Gasteiger partial charge in [0, 0.05) is 25.4 Å². The number of nitrogens with zero attached hydrogens (tertiary/aromatic N) is 1. The summed E-state index contributed by atoms with van der Waals surface area (Å²) < 4.78 is 44.2. The summed E-state index contributed by atoms with van der Waals surface area (Å²) in [6.45, 7) is 3.05. The third-order valence-electron chi connectivity index (χ3n) is 6.85.